The number of rotatable bonds is 7. The first-order valence-electron chi connectivity index (χ1n) is 12.9. The third-order valence-electron chi connectivity index (χ3n) is 8.05. The molecule has 3 heterocycles. The van der Waals surface area contributed by atoms with E-state index in [1.54, 1.807) is 16.7 Å². The van der Waals surface area contributed by atoms with Crippen molar-refractivity contribution in [3.05, 3.63) is 99.1 Å². The number of amides is 1. The van der Waals surface area contributed by atoms with Crippen molar-refractivity contribution in [1.82, 2.24) is 25.0 Å². The van der Waals surface area contributed by atoms with Crippen molar-refractivity contribution in [3.63, 3.8) is 0 Å². The molecule has 0 atom stereocenters. The Morgan fingerprint density at radius 2 is 1.86 bits per heavy atom. The van der Waals surface area contributed by atoms with Crippen LogP contribution in [0.15, 0.2) is 71.7 Å². The number of hydrogen-bond donors (Lipinski definition) is 2. The molecule has 0 unspecified atom stereocenters. The summed E-state index contributed by atoms with van der Waals surface area (Å²) in [5, 5.41) is 12.0. The lowest BCUT2D eigenvalue weighted by Gasteiger charge is -2.50. The Balaban J connectivity index is 1.04. The zero-order valence-electron chi connectivity index (χ0n) is 20.6. The van der Waals surface area contributed by atoms with Crippen molar-refractivity contribution in [1.29, 1.82) is 0 Å². The number of halogens is 1. The molecule has 1 amide bonds. The summed E-state index contributed by atoms with van der Waals surface area (Å²) >= 11 is 6.13. The molecule has 1 aliphatic carbocycles. The fourth-order valence-electron chi connectivity index (χ4n) is 5.99. The molecule has 2 N–H and O–H groups in total. The maximum Gasteiger partial charge on any atom is 0.250 e. The average molecular weight is 516 g/mol. The van der Waals surface area contributed by atoms with Crippen LogP contribution in [0, 0.1) is 5.92 Å². The number of nitrogens with one attached hydrogen (secondary N) is 2. The molecular weight excluding hydrogens is 486 g/mol. The van der Waals surface area contributed by atoms with Gasteiger partial charge < -0.3 is 9.88 Å². The second-order valence-electron chi connectivity index (χ2n) is 10.4. The Morgan fingerprint density at radius 3 is 2.65 bits per heavy atom. The molecule has 37 heavy (non-hydrogen) atoms. The predicted molar refractivity (Wildman–Crippen MR) is 144 cm³/mol. The van der Waals surface area contributed by atoms with E-state index >= 15 is 0 Å². The third kappa shape index (κ3) is 4.81. The second kappa shape index (κ2) is 9.80. The SMILES string of the molecule is O=C(NCc1[nH]nc2ccc(Cl)cc12)C1CC2(CCCN2Cc2ccc(Cn3ccccc3=O)cc2)C1. The van der Waals surface area contributed by atoms with Gasteiger partial charge in [0.15, 0.2) is 0 Å². The van der Waals surface area contributed by atoms with Crippen LogP contribution < -0.4 is 10.9 Å². The van der Waals surface area contributed by atoms with E-state index < -0.39 is 0 Å². The minimum atomic E-state index is 0.0106. The minimum absolute atomic E-state index is 0.0106. The molecule has 1 saturated heterocycles. The number of carbonyl (C=O) groups excluding carboxylic acids is 1. The number of nitrogens with zero attached hydrogens (tertiary/aromatic N) is 3. The molecule has 190 valence electrons. The van der Waals surface area contributed by atoms with E-state index in [4.69, 9.17) is 11.6 Å². The largest absolute Gasteiger partial charge is 0.350 e. The zero-order valence-corrected chi connectivity index (χ0v) is 21.4. The molecule has 6 rings (SSSR count). The summed E-state index contributed by atoms with van der Waals surface area (Å²) in [6.07, 6.45) is 5.95. The molecule has 1 aliphatic heterocycles. The van der Waals surface area contributed by atoms with E-state index in [2.05, 4.69) is 44.7 Å². The molecule has 4 aromatic rings. The number of pyridine rings is 1. The van der Waals surface area contributed by atoms with Crippen LogP contribution in [0.3, 0.4) is 0 Å². The highest BCUT2D eigenvalue weighted by atomic mass is 35.5. The van der Waals surface area contributed by atoms with E-state index in [1.807, 2.05) is 30.5 Å². The lowest BCUT2D eigenvalue weighted by atomic mass is 9.66. The van der Waals surface area contributed by atoms with E-state index in [9.17, 15) is 9.59 Å². The summed E-state index contributed by atoms with van der Waals surface area (Å²) in [5.41, 5.74) is 4.25. The smallest absolute Gasteiger partial charge is 0.250 e. The van der Waals surface area contributed by atoms with Gasteiger partial charge in [-0.1, -0.05) is 41.9 Å². The molecule has 0 bridgehead atoms. The Bertz CT molecular complexity index is 1490. The van der Waals surface area contributed by atoms with E-state index in [0.717, 1.165) is 54.5 Å². The van der Waals surface area contributed by atoms with Gasteiger partial charge in [0.05, 0.1) is 24.3 Å². The highest BCUT2D eigenvalue weighted by molar-refractivity contribution is 6.31. The van der Waals surface area contributed by atoms with Crippen LogP contribution in [-0.2, 0) is 24.4 Å². The Morgan fingerprint density at radius 1 is 1.08 bits per heavy atom. The number of benzene rings is 2. The van der Waals surface area contributed by atoms with E-state index in [1.165, 1.54) is 12.0 Å². The van der Waals surface area contributed by atoms with Crippen molar-refractivity contribution in [3.8, 4) is 0 Å². The highest BCUT2D eigenvalue weighted by Gasteiger charge is 2.52. The van der Waals surface area contributed by atoms with Gasteiger partial charge in [-0.2, -0.15) is 5.10 Å². The lowest BCUT2D eigenvalue weighted by molar-refractivity contribution is -0.133. The molecular formula is C29H30ClN5O2. The van der Waals surface area contributed by atoms with Gasteiger partial charge in [-0.05, 0) is 67.6 Å². The molecule has 2 aromatic heterocycles. The van der Waals surface area contributed by atoms with Crippen molar-refractivity contribution in [2.24, 2.45) is 5.92 Å². The van der Waals surface area contributed by atoms with Gasteiger partial charge in [0.1, 0.15) is 0 Å². The minimum Gasteiger partial charge on any atom is -0.350 e. The summed E-state index contributed by atoms with van der Waals surface area (Å²) in [4.78, 5) is 27.5. The monoisotopic (exact) mass is 515 g/mol. The summed E-state index contributed by atoms with van der Waals surface area (Å²) in [6, 6.07) is 19.4. The normalized spacial score (nSPS) is 21.4. The zero-order chi connectivity index (χ0) is 25.4. The van der Waals surface area contributed by atoms with Crippen molar-refractivity contribution in [2.45, 2.75) is 50.9 Å². The molecule has 8 heteroatoms. The van der Waals surface area contributed by atoms with Crippen LogP contribution in [0.4, 0.5) is 0 Å². The number of fused-ring (bicyclic) bond motifs is 1. The Kier molecular flexibility index (Phi) is 6.34. The number of hydrogen-bond acceptors (Lipinski definition) is 4. The summed E-state index contributed by atoms with van der Waals surface area (Å²) in [7, 11) is 0. The van der Waals surface area contributed by atoms with Crippen LogP contribution in [0.1, 0.15) is 42.5 Å². The maximum atomic E-state index is 12.9. The van der Waals surface area contributed by atoms with Crippen LogP contribution in [0.25, 0.3) is 10.9 Å². The topological polar surface area (TPSA) is 83.0 Å². The number of H-pyrrole nitrogens is 1. The van der Waals surface area contributed by atoms with Crippen LogP contribution in [0.5, 0.6) is 0 Å². The molecule has 2 aliphatic rings. The van der Waals surface area contributed by atoms with Gasteiger partial charge >= 0.3 is 0 Å². The third-order valence-corrected chi connectivity index (χ3v) is 8.28. The first-order chi connectivity index (χ1) is 18.0. The summed E-state index contributed by atoms with van der Waals surface area (Å²) in [6.45, 7) is 2.95. The first kappa shape index (κ1) is 23.9. The van der Waals surface area contributed by atoms with Crippen LogP contribution in [-0.4, -0.2) is 37.7 Å². The van der Waals surface area contributed by atoms with Gasteiger partial charge in [0.25, 0.3) is 5.56 Å². The van der Waals surface area contributed by atoms with Gasteiger partial charge in [-0.3, -0.25) is 19.6 Å². The Hall–Kier alpha value is -3.42. The van der Waals surface area contributed by atoms with Gasteiger partial charge in [-0.25, -0.2) is 0 Å². The quantitative estimate of drug-likeness (QED) is 0.380. The molecule has 2 aromatic carbocycles. The number of aromatic amines is 1. The van der Waals surface area contributed by atoms with E-state index in [-0.39, 0.29) is 22.9 Å². The van der Waals surface area contributed by atoms with Gasteiger partial charge in [0, 0.05) is 40.7 Å². The lowest BCUT2D eigenvalue weighted by Crippen LogP contribution is -2.56. The molecule has 0 radical (unpaired) electrons. The standard InChI is InChI=1S/C29H30ClN5O2/c30-23-9-10-25-24(14-23)26(33-32-25)17-31-28(37)22-15-29(16-22)11-3-13-35(29)19-21-7-5-20(6-8-21)18-34-12-2-1-4-27(34)36/h1-2,4-10,12,14,22H,3,11,13,15-19H2,(H,31,37)(H,32,33). The maximum absolute atomic E-state index is 12.9. The number of aromatic nitrogens is 3. The van der Waals surface area contributed by atoms with Gasteiger partial charge in [0.2, 0.25) is 5.91 Å². The summed E-state index contributed by atoms with van der Waals surface area (Å²) in [5.74, 6) is 0.160. The molecule has 7 nitrogen and oxygen atoms in total. The second-order valence-corrected chi connectivity index (χ2v) is 10.9. The van der Waals surface area contributed by atoms with Crippen molar-refractivity contribution in [2.75, 3.05) is 6.54 Å². The molecule has 1 spiro atoms. The van der Waals surface area contributed by atoms with Crippen molar-refractivity contribution < 1.29 is 4.79 Å². The highest BCUT2D eigenvalue weighted by Crippen LogP contribution is 2.49. The van der Waals surface area contributed by atoms with Gasteiger partial charge in [-0.15, -0.1) is 0 Å². The Labute approximate surface area is 220 Å². The fraction of sp³-hybridized carbons (Fsp3) is 0.345. The van der Waals surface area contributed by atoms with Crippen molar-refractivity contribution >= 4 is 28.4 Å². The summed E-state index contributed by atoms with van der Waals surface area (Å²) < 4.78 is 1.72. The van der Waals surface area contributed by atoms with Crippen LogP contribution in [0.2, 0.25) is 5.02 Å². The number of likely N-dealkylation sites (tertiary alicyclic amines) is 1. The predicted octanol–water partition coefficient (Wildman–Crippen LogP) is 4.49. The average Bonchev–Trinajstić information content (AvgIpc) is 3.48. The number of carbonyl (C=O) groups is 1. The van der Waals surface area contributed by atoms with Crippen LogP contribution >= 0.6 is 11.6 Å². The molecule has 1 saturated carbocycles. The van der Waals surface area contributed by atoms with E-state index in [0.29, 0.717) is 18.1 Å². The molecule has 2 fully saturated rings. The fourth-order valence-corrected chi connectivity index (χ4v) is 6.17. The first-order valence-corrected chi connectivity index (χ1v) is 13.3.